The number of pyridine rings is 1. The second-order valence-corrected chi connectivity index (χ2v) is 9.58. The Morgan fingerprint density at radius 2 is 1.85 bits per heavy atom. The van der Waals surface area contributed by atoms with Crippen molar-refractivity contribution in [2.45, 2.75) is 69.8 Å². The Morgan fingerprint density at radius 1 is 1.12 bits per heavy atom. The Hall–Kier alpha value is -3.03. The van der Waals surface area contributed by atoms with Crippen molar-refractivity contribution in [3.05, 3.63) is 42.0 Å². The lowest BCUT2D eigenvalue weighted by Crippen LogP contribution is -2.49. The summed E-state index contributed by atoms with van der Waals surface area (Å²) in [6, 6.07) is 5.83. The number of carbonyl (C=O) groups excluding carboxylic acids is 2. The molecule has 1 spiro atoms. The molecule has 0 aromatic carbocycles. The third kappa shape index (κ3) is 4.56. The maximum Gasteiger partial charge on any atom is 0.307 e. The summed E-state index contributed by atoms with van der Waals surface area (Å²) >= 11 is 0. The molecule has 5 rings (SSSR count). The summed E-state index contributed by atoms with van der Waals surface area (Å²) < 4.78 is 5.77. The predicted octanol–water partition coefficient (Wildman–Crippen LogP) is 3.90. The zero-order chi connectivity index (χ0) is 22.8. The van der Waals surface area contributed by atoms with Gasteiger partial charge in [-0.25, -0.2) is 9.97 Å². The molecule has 4 heterocycles. The van der Waals surface area contributed by atoms with Crippen LogP contribution >= 0.6 is 0 Å². The van der Waals surface area contributed by atoms with Gasteiger partial charge in [-0.2, -0.15) is 0 Å². The highest BCUT2D eigenvalue weighted by atomic mass is 16.6. The smallest absolute Gasteiger partial charge is 0.307 e. The van der Waals surface area contributed by atoms with Gasteiger partial charge in [0, 0.05) is 48.5 Å². The highest BCUT2D eigenvalue weighted by molar-refractivity contribution is 5.88. The first-order valence-electron chi connectivity index (χ1n) is 12.1. The third-order valence-corrected chi connectivity index (χ3v) is 7.34. The fourth-order valence-electron chi connectivity index (χ4n) is 5.69. The monoisotopic (exact) mass is 449 g/mol. The van der Waals surface area contributed by atoms with Crippen LogP contribution in [0.15, 0.2) is 30.6 Å². The number of hydrogen-bond donors (Lipinski definition) is 1. The molecule has 0 radical (unpaired) electrons. The molecule has 3 fully saturated rings. The van der Waals surface area contributed by atoms with Crippen molar-refractivity contribution in [1.29, 1.82) is 0 Å². The van der Waals surface area contributed by atoms with Crippen molar-refractivity contribution in [2.24, 2.45) is 5.92 Å². The van der Waals surface area contributed by atoms with Crippen LogP contribution in [0.25, 0.3) is 0 Å². The van der Waals surface area contributed by atoms with Gasteiger partial charge in [0.1, 0.15) is 5.60 Å². The number of piperidine rings is 1. The lowest BCUT2D eigenvalue weighted by atomic mass is 9.75. The van der Waals surface area contributed by atoms with Crippen LogP contribution < -0.4 is 5.32 Å². The molecule has 1 amide bonds. The van der Waals surface area contributed by atoms with Gasteiger partial charge < -0.3 is 15.0 Å². The largest absolute Gasteiger partial charge is 0.458 e. The number of esters is 1. The van der Waals surface area contributed by atoms with Crippen LogP contribution in [0.2, 0.25) is 0 Å². The number of carbonyl (C=O) groups is 2. The maximum atomic E-state index is 13.4. The minimum Gasteiger partial charge on any atom is -0.458 e. The number of anilines is 2. The molecule has 8 nitrogen and oxygen atoms in total. The van der Waals surface area contributed by atoms with Crippen molar-refractivity contribution in [3.8, 4) is 0 Å². The van der Waals surface area contributed by atoms with Gasteiger partial charge in [-0.1, -0.05) is 6.42 Å². The van der Waals surface area contributed by atoms with E-state index in [1.807, 2.05) is 17.9 Å². The summed E-state index contributed by atoms with van der Waals surface area (Å²) in [5, 5.41) is 3.25. The molecular weight excluding hydrogens is 418 g/mol. The van der Waals surface area contributed by atoms with Crippen LogP contribution in [0.5, 0.6) is 0 Å². The molecule has 1 atom stereocenters. The zero-order valence-electron chi connectivity index (χ0n) is 19.1. The van der Waals surface area contributed by atoms with Crippen LogP contribution in [0.3, 0.4) is 0 Å². The lowest BCUT2D eigenvalue weighted by molar-refractivity contribution is -0.156. The number of rotatable bonds is 4. The average Bonchev–Trinajstić information content (AvgIpc) is 3.14. The molecule has 3 aliphatic rings. The Labute approximate surface area is 194 Å². The van der Waals surface area contributed by atoms with E-state index in [1.165, 1.54) is 0 Å². The first-order chi connectivity index (χ1) is 16.0. The van der Waals surface area contributed by atoms with E-state index in [1.54, 1.807) is 18.5 Å². The molecule has 33 heavy (non-hydrogen) atoms. The highest BCUT2D eigenvalue weighted by Crippen LogP contribution is 2.45. The van der Waals surface area contributed by atoms with Crippen molar-refractivity contribution in [2.75, 3.05) is 18.4 Å². The maximum absolute atomic E-state index is 13.4. The minimum absolute atomic E-state index is 0.0991. The molecule has 1 N–H and O–H groups in total. The van der Waals surface area contributed by atoms with Gasteiger partial charge >= 0.3 is 5.97 Å². The molecule has 2 saturated heterocycles. The topological polar surface area (TPSA) is 97.3 Å². The SMILES string of the molecule is Cc1cc(Nc2ncccn2)cc(C2CCN(C(=O)[C@H]3CC(=O)OC34CCCCC4)CC2)n1. The van der Waals surface area contributed by atoms with Gasteiger partial charge in [0.15, 0.2) is 0 Å². The molecule has 1 saturated carbocycles. The molecule has 0 bridgehead atoms. The number of hydrogen-bond acceptors (Lipinski definition) is 7. The number of nitrogens with one attached hydrogen (secondary N) is 1. The molecule has 8 heteroatoms. The van der Waals surface area contributed by atoms with E-state index in [2.05, 4.69) is 21.4 Å². The van der Waals surface area contributed by atoms with E-state index in [4.69, 9.17) is 9.72 Å². The summed E-state index contributed by atoms with van der Waals surface area (Å²) in [7, 11) is 0. The number of amides is 1. The second-order valence-electron chi connectivity index (χ2n) is 9.58. The molecule has 2 aromatic rings. The first kappa shape index (κ1) is 21.8. The minimum atomic E-state index is -0.554. The Balaban J connectivity index is 1.25. The van der Waals surface area contributed by atoms with Gasteiger partial charge in [0.25, 0.3) is 0 Å². The predicted molar refractivity (Wildman–Crippen MR) is 123 cm³/mol. The van der Waals surface area contributed by atoms with E-state index in [-0.39, 0.29) is 30.1 Å². The van der Waals surface area contributed by atoms with Crippen molar-refractivity contribution in [1.82, 2.24) is 19.9 Å². The van der Waals surface area contributed by atoms with Crippen LogP contribution in [-0.2, 0) is 14.3 Å². The van der Waals surface area contributed by atoms with Gasteiger partial charge in [-0.15, -0.1) is 0 Å². The van der Waals surface area contributed by atoms with Crippen molar-refractivity contribution < 1.29 is 14.3 Å². The average molecular weight is 450 g/mol. The van der Waals surface area contributed by atoms with E-state index < -0.39 is 5.60 Å². The van der Waals surface area contributed by atoms with Gasteiger partial charge in [0.05, 0.1) is 12.3 Å². The van der Waals surface area contributed by atoms with Crippen LogP contribution in [0.4, 0.5) is 11.6 Å². The molecule has 0 unspecified atom stereocenters. The summed E-state index contributed by atoms with van der Waals surface area (Å²) in [5.74, 6) is 0.412. The summed E-state index contributed by atoms with van der Waals surface area (Å²) in [5.41, 5.74) is 2.33. The number of likely N-dealkylation sites (tertiary alicyclic amines) is 1. The summed E-state index contributed by atoms with van der Waals surface area (Å²) in [4.78, 5) is 40.8. The number of aryl methyl sites for hydroxylation is 1. The zero-order valence-corrected chi connectivity index (χ0v) is 19.1. The van der Waals surface area contributed by atoms with E-state index in [0.717, 1.165) is 62.0 Å². The molecule has 1 aliphatic carbocycles. The highest BCUT2D eigenvalue weighted by Gasteiger charge is 2.53. The van der Waals surface area contributed by atoms with Crippen LogP contribution in [-0.4, -0.2) is 50.4 Å². The Kier molecular flexibility index (Phi) is 6.00. The lowest BCUT2D eigenvalue weighted by Gasteiger charge is -2.39. The fraction of sp³-hybridized carbons (Fsp3) is 0.560. The third-order valence-electron chi connectivity index (χ3n) is 7.34. The van der Waals surface area contributed by atoms with Gasteiger partial charge in [-0.3, -0.25) is 14.6 Å². The molecule has 2 aliphatic heterocycles. The summed E-state index contributed by atoms with van der Waals surface area (Å²) in [6.07, 6.45) is 10.2. The van der Waals surface area contributed by atoms with E-state index >= 15 is 0 Å². The van der Waals surface area contributed by atoms with Crippen molar-refractivity contribution >= 4 is 23.5 Å². The first-order valence-corrected chi connectivity index (χ1v) is 12.1. The van der Waals surface area contributed by atoms with Gasteiger partial charge in [0.2, 0.25) is 11.9 Å². The van der Waals surface area contributed by atoms with Gasteiger partial charge in [-0.05, 0) is 63.6 Å². The van der Waals surface area contributed by atoms with E-state index in [0.29, 0.717) is 19.0 Å². The van der Waals surface area contributed by atoms with E-state index in [9.17, 15) is 9.59 Å². The number of nitrogens with zero attached hydrogens (tertiary/aromatic N) is 4. The quantitative estimate of drug-likeness (QED) is 0.707. The number of ether oxygens (including phenoxy) is 1. The molecular formula is C25H31N5O3. The second kappa shape index (κ2) is 9.08. The fourth-order valence-corrected chi connectivity index (χ4v) is 5.69. The van der Waals surface area contributed by atoms with Crippen LogP contribution in [0.1, 0.15) is 68.7 Å². The molecule has 2 aromatic heterocycles. The Bertz CT molecular complexity index is 1010. The standard InChI is InChI=1S/C25H31N5O3/c1-17-14-19(29-24-26-10-5-11-27-24)15-21(28-17)18-6-12-30(13-7-18)23(32)20-16-22(31)33-25(20)8-3-2-4-9-25/h5,10-11,14-15,18,20H,2-4,6-9,12-13,16H2,1H3,(H,26,27,28,29)/t20-/m1/s1. The van der Waals surface area contributed by atoms with Crippen molar-refractivity contribution in [3.63, 3.8) is 0 Å². The normalized spacial score (nSPS) is 22.9. The molecule has 174 valence electrons. The number of aromatic nitrogens is 3. The Morgan fingerprint density at radius 3 is 2.58 bits per heavy atom. The van der Waals surface area contributed by atoms with Crippen LogP contribution in [0, 0.1) is 12.8 Å². The summed E-state index contributed by atoms with van der Waals surface area (Å²) in [6.45, 7) is 3.36.